The molecule has 0 amide bonds. The lowest BCUT2D eigenvalue weighted by atomic mass is 10.1. The Hall–Kier alpha value is -2.33. The number of rotatable bonds is 6. The van der Waals surface area contributed by atoms with Crippen molar-refractivity contribution in [2.24, 2.45) is 5.92 Å². The van der Waals surface area contributed by atoms with Crippen LogP contribution in [-0.4, -0.2) is 32.8 Å². The van der Waals surface area contributed by atoms with E-state index in [1.165, 1.54) is 12.8 Å². The van der Waals surface area contributed by atoms with Crippen molar-refractivity contribution < 1.29 is 14.3 Å². The molecule has 24 heavy (non-hydrogen) atoms. The van der Waals surface area contributed by atoms with Crippen molar-refractivity contribution in [1.29, 1.82) is 0 Å². The molecule has 3 rings (SSSR count). The molecule has 2 aromatic carbocycles. The summed E-state index contributed by atoms with van der Waals surface area (Å²) in [5, 5.41) is 0. The third-order valence-corrected chi connectivity index (χ3v) is 4.35. The van der Waals surface area contributed by atoms with E-state index in [0.717, 1.165) is 38.3 Å². The smallest absolute Gasteiger partial charge is 0.337 e. The number of carbonyl (C=O) groups excluding carboxylic acids is 1. The van der Waals surface area contributed by atoms with Crippen molar-refractivity contribution in [3.05, 3.63) is 65.7 Å². The van der Waals surface area contributed by atoms with Gasteiger partial charge < -0.3 is 14.4 Å². The fraction of sp³-hybridized carbons (Fsp3) is 0.350. The number of hydrogen-bond donors (Lipinski definition) is 0. The second-order valence-electron chi connectivity index (χ2n) is 6.14. The zero-order valence-corrected chi connectivity index (χ0v) is 14.0. The lowest BCUT2D eigenvalue weighted by molar-refractivity contribution is 0.0600. The Labute approximate surface area is 143 Å². The molecule has 1 atom stereocenters. The van der Waals surface area contributed by atoms with Gasteiger partial charge in [0, 0.05) is 31.3 Å². The first-order valence-electron chi connectivity index (χ1n) is 8.31. The van der Waals surface area contributed by atoms with Crippen LogP contribution in [-0.2, 0) is 16.0 Å². The highest BCUT2D eigenvalue weighted by Gasteiger charge is 2.20. The van der Waals surface area contributed by atoms with Gasteiger partial charge in [-0.1, -0.05) is 30.3 Å². The van der Waals surface area contributed by atoms with Gasteiger partial charge in [0.1, 0.15) is 0 Å². The molecular formula is C20H23NO3. The molecule has 0 radical (unpaired) electrons. The maximum Gasteiger partial charge on any atom is 0.337 e. The minimum Gasteiger partial charge on any atom is -0.465 e. The Kier molecular flexibility index (Phi) is 5.49. The molecule has 2 aromatic rings. The molecule has 1 aliphatic heterocycles. The van der Waals surface area contributed by atoms with Gasteiger partial charge in [-0.05, 0) is 36.2 Å². The van der Waals surface area contributed by atoms with Gasteiger partial charge in [-0.15, -0.1) is 0 Å². The average molecular weight is 325 g/mol. The Balaban J connectivity index is 1.79. The van der Waals surface area contributed by atoms with Crippen LogP contribution in [0.2, 0.25) is 0 Å². The summed E-state index contributed by atoms with van der Waals surface area (Å²) in [5.41, 5.74) is 2.88. The summed E-state index contributed by atoms with van der Waals surface area (Å²) in [7, 11) is 1.41. The average Bonchev–Trinajstić information content (AvgIpc) is 3.14. The molecule has 0 N–H and O–H groups in total. The first-order valence-corrected chi connectivity index (χ1v) is 8.31. The predicted octanol–water partition coefficient (Wildman–Crippen LogP) is 3.52. The fourth-order valence-corrected chi connectivity index (χ4v) is 3.07. The topological polar surface area (TPSA) is 38.8 Å². The van der Waals surface area contributed by atoms with E-state index in [1.54, 1.807) is 6.07 Å². The Morgan fingerprint density at radius 2 is 2.04 bits per heavy atom. The molecule has 126 valence electrons. The van der Waals surface area contributed by atoms with Crippen LogP contribution >= 0.6 is 0 Å². The summed E-state index contributed by atoms with van der Waals surface area (Å²) in [6, 6.07) is 18.0. The maximum atomic E-state index is 11.7. The van der Waals surface area contributed by atoms with Crippen molar-refractivity contribution in [3.8, 4) is 0 Å². The standard InChI is InChI=1S/C20H23NO3/c1-23-20(22)18-7-5-6-16(12-18)13-21(14-17-10-11-24-15-17)19-8-3-2-4-9-19/h2-9,12,17H,10-11,13-15H2,1H3/t17-/m0/s1. The molecule has 0 bridgehead atoms. The minimum absolute atomic E-state index is 0.299. The molecule has 0 aromatic heterocycles. The zero-order chi connectivity index (χ0) is 16.8. The summed E-state index contributed by atoms with van der Waals surface area (Å²) in [5.74, 6) is 0.251. The molecule has 1 heterocycles. The fourth-order valence-electron chi connectivity index (χ4n) is 3.07. The minimum atomic E-state index is -0.299. The van der Waals surface area contributed by atoms with Gasteiger partial charge in [-0.2, -0.15) is 0 Å². The number of hydrogen-bond acceptors (Lipinski definition) is 4. The zero-order valence-electron chi connectivity index (χ0n) is 14.0. The third-order valence-electron chi connectivity index (χ3n) is 4.35. The number of methoxy groups -OCH3 is 1. The number of benzene rings is 2. The molecule has 4 nitrogen and oxygen atoms in total. The van der Waals surface area contributed by atoms with Gasteiger partial charge in [0.2, 0.25) is 0 Å². The molecule has 1 fully saturated rings. The highest BCUT2D eigenvalue weighted by Crippen LogP contribution is 2.22. The largest absolute Gasteiger partial charge is 0.465 e. The molecule has 1 aliphatic rings. The van der Waals surface area contributed by atoms with Gasteiger partial charge in [0.25, 0.3) is 0 Å². The summed E-state index contributed by atoms with van der Waals surface area (Å²) < 4.78 is 10.3. The number of nitrogens with zero attached hydrogens (tertiary/aromatic N) is 1. The van der Waals surface area contributed by atoms with Crippen LogP contribution in [0.3, 0.4) is 0 Å². The van der Waals surface area contributed by atoms with Crippen LogP contribution in [0.4, 0.5) is 5.69 Å². The normalized spacial score (nSPS) is 16.8. The summed E-state index contributed by atoms with van der Waals surface area (Å²) >= 11 is 0. The van der Waals surface area contributed by atoms with E-state index in [0.29, 0.717) is 11.5 Å². The molecule has 0 spiro atoms. The highest BCUT2D eigenvalue weighted by atomic mass is 16.5. The van der Waals surface area contributed by atoms with E-state index < -0.39 is 0 Å². The number of carbonyl (C=O) groups is 1. The van der Waals surface area contributed by atoms with Crippen LogP contribution in [0.25, 0.3) is 0 Å². The van der Waals surface area contributed by atoms with Gasteiger partial charge in [-0.3, -0.25) is 0 Å². The van der Waals surface area contributed by atoms with Crippen molar-refractivity contribution in [1.82, 2.24) is 0 Å². The molecule has 0 aliphatic carbocycles. The van der Waals surface area contributed by atoms with Crippen LogP contribution in [0, 0.1) is 5.92 Å². The predicted molar refractivity (Wildman–Crippen MR) is 94.2 cm³/mol. The van der Waals surface area contributed by atoms with Gasteiger partial charge in [0.15, 0.2) is 0 Å². The van der Waals surface area contributed by atoms with Gasteiger partial charge in [-0.25, -0.2) is 4.79 Å². The van der Waals surface area contributed by atoms with E-state index in [1.807, 2.05) is 24.3 Å². The van der Waals surface area contributed by atoms with E-state index in [9.17, 15) is 4.79 Å². The van der Waals surface area contributed by atoms with Crippen molar-refractivity contribution >= 4 is 11.7 Å². The summed E-state index contributed by atoms with van der Waals surface area (Å²) in [4.78, 5) is 14.1. The molecule has 0 saturated carbocycles. The van der Waals surface area contributed by atoms with E-state index in [2.05, 4.69) is 29.2 Å². The van der Waals surface area contributed by atoms with Gasteiger partial charge in [0.05, 0.1) is 19.3 Å². The van der Waals surface area contributed by atoms with Crippen LogP contribution in [0.15, 0.2) is 54.6 Å². The Morgan fingerprint density at radius 3 is 2.75 bits per heavy atom. The summed E-state index contributed by atoms with van der Waals surface area (Å²) in [6.45, 7) is 3.38. The lowest BCUT2D eigenvalue weighted by Crippen LogP contribution is -2.29. The van der Waals surface area contributed by atoms with Gasteiger partial charge >= 0.3 is 5.97 Å². The van der Waals surface area contributed by atoms with Crippen LogP contribution in [0.5, 0.6) is 0 Å². The maximum absolute atomic E-state index is 11.7. The summed E-state index contributed by atoms with van der Waals surface area (Å²) in [6.07, 6.45) is 1.10. The number of para-hydroxylation sites is 1. The SMILES string of the molecule is COC(=O)c1cccc(CN(C[C@@H]2CCOC2)c2ccccc2)c1. The Bertz CT molecular complexity index is 666. The highest BCUT2D eigenvalue weighted by molar-refractivity contribution is 5.89. The lowest BCUT2D eigenvalue weighted by Gasteiger charge is -2.27. The molecule has 0 unspecified atom stereocenters. The second kappa shape index (κ2) is 7.97. The van der Waals surface area contributed by atoms with E-state index >= 15 is 0 Å². The number of anilines is 1. The second-order valence-corrected chi connectivity index (χ2v) is 6.14. The van der Waals surface area contributed by atoms with E-state index in [-0.39, 0.29) is 5.97 Å². The van der Waals surface area contributed by atoms with Crippen LogP contribution in [0.1, 0.15) is 22.3 Å². The molecular weight excluding hydrogens is 302 g/mol. The monoisotopic (exact) mass is 325 g/mol. The van der Waals surface area contributed by atoms with Crippen LogP contribution < -0.4 is 4.90 Å². The third kappa shape index (κ3) is 4.15. The molecule has 4 heteroatoms. The van der Waals surface area contributed by atoms with Crippen molar-refractivity contribution in [2.75, 3.05) is 31.8 Å². The first-order chi connectivity index (χ1) is 11.8. The number of esters is 1. The first kappa shape index (κ1) is 16.5. The molecule has 1 saturated heterocycles. The van der Waals surface area contributed by atoms with Crippen molar-refractivity contribution in [2.45, 2.75) is 13.0 Å². The van der Waals surface area contributed by atoms with E-state index in [4.69, 9.17) is 9.47 Å². The van der Waals surface area contributed by atoms with Crippen molar-refractivity contribution in [3.63, 3.8) is 0 Å². The number of ether oxygens (including phenoxy) is 2. The Morgan fingerprint density at radius 1 is 1.21 bits per heavy atom. The quantitative estimate of drug-likeness (QED) is 0.762.